The normalized spacial score (nSPS) is 12.9. The number of aromatic nitrogens is 1. The SMILES string of the molecule is CCC(C(C)=O)c1nc2ccccc2s1. The van der Waals surface area contributed by atoms with Gasteiger partial charge in [0.2, 0.25) is 0 Å². The Hall–Kier alpha value is -1.22. The third-order valence-corrected chi connectivity index (χ3v) is 3.66. The molecule has 0 bridgehead atoms. The van der Waals surface area contributed by atoms with Crippen LogP contribution in [0.15, 0.2) is 24.3 Å². The van der Waals surface area contributed by atoms with E-state index in [-0.39, 0.29) is 11.7 Å². The van der Waals surface area contributed by atoms with Gasteiger partial charge in [-0.2, -0.15) is 0 Å². The Balaban J connectivity index is 2.47. The second-order valence-electron chi connectivity index (χ2n) is 3.59. The molecular weight excluding hydrogens is 206 g/mol. The van der Waals surface area contributed by atoms with Crippen molar-refractivity contribution in [2.24, 2.45) is 0 Å². The van der Waals surface area contributed by atoms with Gasteiger partial charge in [0.1, 0.15) is 10.8 Å². The third-order valence-electron chi connectivity index (χ3n) is 2.51. The minimum absolute atomic E-state index is 0.0256. The summed E-state index contributed by atoms with van der Waals surface area (Å²) in [6.07, 6.45) is 0.829. The Morgan fingerprint density at radius 1 is 1.47 bits per heavy atom. The summed E-state index contributed by atoms with van der Waals surface area (Å²) >= 11 is 1.63. The Kier molecular flexibility index (Phi) is 2.82. The van der Waals surface area contributed by atoms with Crippen molar-refractivity contribution in [3.05, 3.63) is 29.3 Å². The first-order chi connectivity index (χ1) is 7.22. The number of ketones is 1. The molecule has 0 aliphatic rings. The molecule has 1 heterocycles. The quantitative estimate of drug-likeness (QED) is 0.792. The molecule has 15 heavy (non-hydrogen) atoms. The fourth-order valence-electron chi connectivity index (χ4n) is 1.68. The molecule has 0 N–H and O–H groups in total. The van der Waals surface area contributed by atoms with Crippen molar-refractivity contribution >= 4 is 27.3 Å². The number of fused-ring (bicyclic) bond motifs is 1. The van der Waals surface area contributed by atoms with Crippen molar-refractivity contribution in [2.75, 3.05) is 0 Å². The average Bonchev–Trinajstić information content (AvgIpc) is 2.61. The highest BCUT2D eigenvalue weighted by molar-refractivity contribution is 7.18. The van der Waals surface area contributed by atoms with Gasteiger partial charge in [0, 0.05) is 0 Å². The molecule has 0 aliphatic heterocycles. The van der Waals surface area contributed by atoms with Crippen molar-refractivity contribution in [3.8, 4) is 0 Å². The molecule has 0 amide bonds. The monoisotopic (exact) mass is 219 g/mol. The maximum Gasteiger partial charge on any atom is 0.139 e. The summed E-state index contributed by atoms with van der Waals surface area (Å²) in [4.78, 5) is 15.9. The van der Waals surface area contributed by atoms with Gasteiger partial charge >= 0.3 is 0 Å². The summed E-state index contributed by atoms with van der Waals surface area (Å²) in [5, 5.41) is 0.950. The molecule has 0 saturated heterocycles. The first-order valence-corrected chi connectivity index (χ1v) is 5.90. The Morgan fingerprint density at radius 2 is 2.20 bits per heavy atom. The molecule has 3 heteroatoms. The zero-order valence-corrected chi connectivity index (χ0v) is 9.67. The number of carbonyl (C=O) groups excluding carboxylic acids is 1. The molecule has 2 rings (SSSR count). The highest BCUT2D eigenvalue weighted by Gasteiger charge is 2.18. The minimum atomic E-state index is -0.0256. The summed E-state index contributed by atoms with van der Waals surface area (Å²) in [5.41, 5.74) is 0.997. The summed E-state index contributed by atoms with van der Waals surface area (Å²) in [6, 6.07) is 8.01. The van der Waals surface area contributed by atoms with E-state index < -0.39 is 0 Å². The van der Waals surface area contributed by atoms with Crippen LogP contribution in [0.2, 0.25) is 0 Å². The van der Waals surface area contributed by atoms with E-state index >= 15 is 0 Å². The lowest BCUT2D eigenvalue weighted by Crippen LogP contribution is -2.06. The van der Waals surface area contributed by atoms with E-state index in [9.17, 15) is 4.79 Å². The molecule has 0 saturated carbocycles. The summed E-state index contributed by atoms with van der Waals surface area (Å²) in [7, 11) is 0. The first kappa shape index (κ1) is 10.3. The van der Waals surface area contributed by atoms with Gasteiger partial charge < -0.3 is 0 Å². The predicted molar refractivity (Wildman–Crippen MR) is 63.3 cm³/mol. The van der Waals surface area contributed by atoms with Gasteiger partial charge in [0.25, 0.3) is 0 Å². The fourth-order valence-corrected chi connectivity index (χ4v) is 2.88. The molecule has 2 aromatic rings. The van der Waals surface area contributed by atoms with Crippen LogP contribution in [0.4, 0.5) is 0 Å². The molecule has 78 valence electrons. The number of thiazole rings is 1. The van der Waals surface area contributed by atoms with Crippen LogP contribution in [-0.2, 0) is 4.79 Å². The molecule has 0 aliphatic carbocycles. The van der Waals surface area contributed by atoms with Crippen molar-refractivity contribution in [3.63, 3.8) is 0 Å². The van der Waals surface area contributed by atoms with E-state index in [1.54, 1.807) is 18.3 Å². The zero-order chi connectivity index (χ0) is 10.8. The lowest BCUT2D eigenvalue weighted by Gasteiger charge is -2.05. The highest BCUT2D eigenvalue weighted by Crippen LogP contribution is 2.29. The van der Waals surface area contributed by atoms with Crippen LogP contribution in [0.25, 0.3) is 10.2 Å². The first-order valence-electron chi connectivity index (χ1n) is 5.08. The molecule has 2 nitrogen and oxygen atoms in total. The van der Waals surface area contributed by atoms with Crippen LogP contribution in [0.3, 0.4) is 0 Å². The Morgan fingerprint density at radius 3 is 2.80 bits per heavy atom. The van der Waals surface area contributed by atoms with Crippen LogP contribution in [0.1, 0.15) is 31.2 Å². The molecule has 0 fully saturated rings. The Bertz CT molecular complexity index is 456. The molecule has 0 spiro atoms. The minimum Gasteiger partial charge on any atom is -0.299 e. The lowest BCUT2D eigenvalue weighted by atomic mass is 10.0. The second-order valence-corrected chi connectivity index (χ2v) is 4.65. The fraction of sp³-hybridized carbons (Fsp3) is 0.333. The summed E-state index contributed by atoms with van der Waals surface area (Å²) in [5.74, 6) is 0.180. The van der Waals surface area contributed by atoms with Gasteiger partial charge in [-0.1, -0.05) is 19.1 Å². The molecule has 0 radical (unpaired) electrons. The van der Waals surface area contributed by atoms with E-state index in [0.717, 1.165) is 21.6 Å². The molecule has 1 aromatic carbocycles. The highest BCUT2D eigenvalue weighted by atomic mass is 32.1. The van der Waals surface area contributed by atoms with Crippen LogP contribution in [0.5, 0.6) is 0 Å². The summed E-state index contributed by atoms with van der Waals surface area (Å²) in [6.45, 7) is 3.67. The number of para-hydroxylation sites is 1. The van der Waals surface area contributed by atoms with Gasteiger partial charge in [-0.05, 0) is 25.5 Å². The van der Waals surface area contributed by atoms with Crippen LogP contribution in [0, 0.1) is 0 Å². The van der Waals surface area contributed by atoms with Gasteiger partial charge in [0.05, 0.1) is 16.1 Å². The van der Waals surface area contributed by atoms with E-state index in [1.165, 1.54) is 0 Å². The number of nitrogens with zero attached hydrogens (tertiary/aromatic N) is 1. The van der Waals surface area contributed by atoms with E-state index in [4.69, 9.17) is 0 Å². The topological polar surface area (TPSA) is 30.0 Å². The van der Waals surface area contributed by atoms with Crippen molar-refractivity contribution in [1.82, 2.24) is 4.98 Å². The smallest absolute Gasteiger partial charge is 0.139 e. The molecular formula is C12H13NOS. The lowest BCUT2D eigenvalue weighted by molar-refractivity contribution is -0.118. The standard InChI is InChI=1S/C12H13NOS/c1-3-9(8(2)14)12-13-10-6-4-5-7-11(10)15-12/h4-7,9H,3H2,1-2H3. The maximum absolute atomic E-state index is 11.4. The van der Waals surface area contributed by atoms with Crippen LogP contribution in [-0.4, -0.2) is 10.8 Å². The maximum atomic E-state index is 11.4. The average molecular weight is 219 g/mol. The largest absolute Gasteiger partial charge is 0.299 e. The van der Waals surface area contributed by atoms with Gasteiger partial charge in [-0.15, -0.1) is 11.3 Å². The second kappa shape index (κ2) is 4.11. The summed E-state index contributed by atoms with van der Waals surface area (Å²) < 4.78 is 1.16. The molecule has 1 aromatic heterocycles. The number of rotatable bonds is 3. The number of Topliss-reactive ketones (excluding diaryl/α,β-unsaturated/α-hetero) is 1. The van der Waals surface area contributed by atoms with E-state index in [1.807, 2.05) is 31.2 Å². The van der Waals surface area contributed by atoms with Crippen molar-refractivity contribution in [2.45, 2.75) is 26.2 Å². The van der Waals surface area contributed by atoms with Gasteiger partial charge in [-0.25, -0.2) is 4.98 Å². The third kappa shape index (κ3) is 1.92. The van der Waals surface area contributed by atoms with Gasteiger partial charge in [-0.3, -0.25) is 4.79 Å². The Labute approximate surface area is 93.0 Å². The van der Waals surface area contributed by atoms with Gasteiger partial charge in [0.15, 0.2) is 0 Å². The molecule has 1 atom stereocenters. The van der Waals surface area contributed by atoms with Crippen molar-refractivity contribution < 1.29 is 4.79 Å². The number of carbonyl (C=O) groups is 1. The zero-order valence-electron chi connectivity index (χ0n) is 8.86. The number of benzene rings is 1. The van der Waals surface area contributed by atoms with Crippen molar-refractivity contribution in [1.29, 1.82) is 0 Å². The molecule has 1 unspecified atom stereocenters. The van der Waals surface area contributed by atoms with E-state index in [0.29, 0.717) is 0 Å². The number of hydrogen-bond acceptors (Lipinski definition) is 3. The van der Waals surface area contributed by atoms with Crippen LogP contribution < -0.4 is 0 Å². The van der Waals surface area contributed by atoms with E-state index in [2.05, 4.69) is 4.98 Å². The predicted octanol–water partition coefficient (Wildman–Crippen LogP) is 3.38. The number of hydrogen-bond donors (Lipinski definition) is 0. The van der Waals surface area contributed by atoms with Crippen LogP contribution >= 0.6 is 11.3 Å².